The zero-order valence-electron chi connectivity index (χ0n) is 15.6. The Kier molecular flexibility index (Phi) is 4.60. The number of rotatable bonds is 2. The van der Waals surface area contributed by atoms with Crippen LogP contribution in [0.2, 0.25) is 0 Å². The fourth-order valence-electron chi connectivity index (χ4n) is 4.33. The van der Waals surface area contributed by atoms with Gasteiger partial charge < -0.3 is 15.0 Å². The van der Waals surface area contributed by atoms with E-state index in [0.29, 0.717) is 25.3 Å². The lowest BCUT2D eigenvalue weighted by molar-refractivity contribution is -0.0886. The van der Waals surface area contributed by atoms with Crippen molar-refractivity contribution in [1.29, 1.82) is 0 Å². The maximum Gasteiger partial charge on any atom is 0.264 e. The van der Waals surface area contributed by atoms with Gasteiger partial charge in [-0.05, 0) is 26.2 Å². The van der Waals surface area contributed by atoms with Gasteiger partial charge in [0.25, 0.3) is 11.5 Å². The van der Waals surface area contributed by atoms with Crippen molar-refractivity contribution in [1.82, 2.24) is 14.9 Å². The van der Waals surface area contributed by atoms with Crippen molar-refractivity contribution < 1.29 is 9.90 Å². The Hall–Kier alpha value is -2.47. The Morgan fingerprint density at radius 2 is 2.04 bits per heavy atom. The molecule has 1 aliphatic heterocycles. The first-order chi connectivity index (χ1) is 13.0. The second kappa shape index (κ2) is 6.93. The summed E-state index contributed by atoms with van der Waals surface area (Å²) in [5.74, 6) is 0.256. The maximum atomic E-state index is 12.9. The number of nitrogens with one attached hydrogen (secondary N) is 1. The molecule has 0 radical (unpaired) electrons. The summed E-state index contributed by atoms with van der Waals surface area (Å²) in [6.45, 7) is 2.98. The van der Waals surface area contributed by atoms with Crippen molar-refractivity contribution in [2.75, 3.05) is 13.1 Å². The van der Waals surface area contributed by atoms with Gasteiger partial charge in [-0.15, -0.1) is 0 Å². The fraction of sp³-hybridized carbons (Fsp3) is 0.476. The number of piperidine rings is 1. The molecule has 2 fully saturated rings. The van der Waals surface area contributed by atoms with Crippen molar-refractivity contribution >= 4 is 5.91 Å². The normalized spacial score (nSPS) is 25.1. The van der Waals surface area contributed by atoms with E-state index in [9.17, 15) is 14.7 Å². The third-order valence-corrected chi connectivity index (χ3v) is 6.07. The lowest BCUT2D eigenvalue weighted by Gasteiger charge is -2.47. The van der Waals surface area contributed by atoms with Gasteiger partial charge in [0, 0.05) is 30.8 Å². The number of aliphatic hydroxyl groups is 1. The summed E-state index contributed by atoms with van der Waals surface area (Å²) >= 11 is 0. The van der Waals surface area contributed by atoms with Crippen molar-refractivity contribution in [3.8, 4) is 11.4 Å². The van der Waals surface area contributed by atoms with Crippen LogP contribution in [0, 0.1) is 12.8 Å². The Labute approximate surface area is 158 Å². The van der Waals surface area contributed by atoms with E-state index in [0.717, 1.165) is 36.8 Å². The Bertz CT molecular complexity index is 906. The van der Waals surface area contributed by atoms with Gasteiger partial charge in [-0.25, -0.2) is 4.98 Å². The van der Waals surface area contributed by atoms with E-state index in [1.165, 1.54) is 6.20 Å². The third-order valence-electron chi connectivity index (χ3n) is 6.07. The topological polar surface area (TPSA) is 86.3 Å². The van der Waals surface area contributed by atoms with Crippen molar-refractivity contribution in [2.45, 2.75) is 44.6 Å². The molecule has 27 heavy (non-hydrogen) atoms. The molecular formula is C21H25N3O3. The molecule has 1 saturated carbocycles. The number of hydrogen-bond acceptors (Lipinski definition) is 4. The number of benzene rings is 1. The molecule has 0 spiro atoms. The third kappa shape index (κ3) is 3.41. The number of amides is 1. The Morgan fingerprint density at radius 1 is 1.26 bits per heavy atom. The number of fused-ring (bicyclic) bond motifs is 1. The van der Waals surface area contributed by atoms with Crippen LogP contribution in [0.4, 0.5) is 0 Å². The standard InChI is InChI=1S/C21H25N3O3/c1-14-5-7-15(8-6-14)18-22-12-17(19(25)23-18)20(26)24-11-10-21(27)9-3-2-4-16(21)13-24/h5-8,12,16,27H,2-4,9-11,13H2,1H3,(H,22,23,25)/t16-,21+/m1/s1. The molecule has 2 N–H and O–H groups in total. The first kappa shape index (κ1) is 17.9. The number of hydrogen-bond donors (Lipinski definition) is 2. The van der Waals surface area contributed by atoms with E-state index in [-0.39, 0.29) is 17.4 Å². The number of carbonyl (C=O) groups is 1. The summed E-state index contributed by atoms with van der Waals surface area (Å²) in [6, 6.07) is 7.69. The summed E-state index contributed by atoms with van der Waals surface area (Å²) in [5.41, 5.74) is 0.930. The minimum absolute atomic E-state index is 0.0621. The summed E-state index contributed by atoms with van der Waals surface area (Å²) in [4.78, 5) is 34.1. The molecule has 1 aromatic heterocycles. The van der Waals surface area contributed by atoms with E-state index in [2.05, 4.69) is 9.97 Å². The van der Waals surface area contributed by atoms with Crippen LogP contribution in [0.15, 0.2) is 35.3 Å². The summed E-state index contributed by atoms with van der Waals surface area (Å²) < 4.78 is 0. The van der Waals surface area contributed by atoms with Gasteiger partial charge in [0.15, 0.2) is 0 Å². The number of aryl methyl sites for hydroxylation is 1. The minimum atomic E-state index is -0.644. The highest BCUT2D eigenvalue weighted by Gasteiger charge is 2.44. The second-order valence-corrected chi connectivity index (χ2v) is 7.89. The number of nitrogens with zero attached hydrogens (tertiary/aromatic N) is 2. The minimum Gasteiger partial charge on any atom is -0.389 e. The molecule has 2 atom stereocenters. The molecule has 2 aromatic rings. The van der Waals surface area contributed by atoms with E-state index in [4.69, 9.17) is 0 Å². The smallest absolute Gasteiger partial charge is 0.264 e. The molecule has 1 aliphatic carbocycles. The van der Waals surface area contributed by atoms with E-state index < -0.39 is 11.2 Å². The highest BCUT2D eigenvalue weighted by molar-refractivity contribution is 5.93. The summed E-state index contributed by atoms with van der Waals surface area (Å²) in [7, 11) is 0. The molecule has 2 aliphatic rings. The summed E-state index contributed by atoms with van der Waals surface area (Å²) in [5, 5.41) is 10.8. The zero-order chi connectivity index (χ0) is 19.0. The van der Waals surface area contributed by atoms with Gasteiger partial charge in [-0.1, -0.05) is 42.7 Å². The molecule has 6 heteroatoms. The monoisotopic (exact) mass is 367 g/mol. The van der Waals surface area contributed by atoms with Gasteiger partial charge in [-0.3, -0.25) is 9.59 Å². The highest BCUT2D eigenvalue weighted by atomic mass is 16.3. The van der Waals surface area contributed by atoms with Crippen LogP contribution in [0.25, 0.3) is 11.4 Å². The van der Waals surface area contributed by atoms with Crippen LogP contribution in [-0.2, 0) is 0 Å². The average Bonchev–Trinajstić information content (AvgIpc) is 2.67. The number of carbonyl (C=O) groups excluding carboxylic acids is 1. The van der Waals surface area contributed by atoms with E-state index in [1.807, 2.05) is 31.2 Å². The van der Waals surface area contributed by atoms with E-state index in [1.54, 1.807) is 4.90 Å². The number of H-pyrrole nitrogens is 1. The average molecular weight is 367 g/mol. The lowest BCUT2D eigenvalue weighted by Crippen LogP contribution is -2.55. The van der Waals surface area contributed by atoms with Crippen molar-refractivity contribution in [2.24, 2.45) is 5.92 Å². The molecule has 142 valence electrons. The molecule has 1 amide bonds. The fourth-order valence-corrected chi connectivity index (χ4v) is 4.33. The number of likely N-dealkylation sites (tertiary alicyclic amines) is 1. The van der Waals surface area contributed by atoms with Crippen molar-refractivity contribution in [3.05, 3.63) is 51.9 Å². The van der Waals surface area contributed by atoms with E-state index >= 15 is 0 Å². The van der Waals surface area contributed by atoms with Gasteiger partial charge in [0.2, 0.25) is 0 Å². The van der Waals surface area contributed by atoms with Crippen LogP contribution in [0.1, 0.15) is 48.0 Å². The molecule has 1 aromatic carbocycles. The second-order valence-electron chi connectivity index (χ2n) is 7.89. The largest absolute Gasteiger partial charge is 0.389 e. The van der Waals surface area contributed by atoms with Crippen LogP contribution in [0.5, 0.6) is 0 Å². The maximum absolute atomic E-state index is 12.9. The predicted molar refractivity (Wildman–Crippen MR) is 102 cm³/mol. The number of aromatic nitrogens is 2. The summed E-state index contributed by atoms with van der Waals surface area (Å²) in [6.07, 6.45) is 5.83. The molecule has 6 nitrogen and oxygen atoms in total. The van der Waals surface area contributed by atoms with Gasteiger partial charge in [0.05, 0.1) is 5.60 Å². The van der Waals surface area contributed by atoms with Crippen LogP contribution in [0.3, 0.4) is 0 Å². The first-order valence-electron chi connectivity index (χ1n) is 9.64. The zero-order valence-corrected chi connectivity index (χ0v) is 15.6. The lowest BCUT2D eigenvalue weighted by atomic mass is 9.71. The van der Waals surface area contributed by atoms with Gasteiger partial charge in [0.1, 0.15) is 11.4 Å². The molecule has 0 unspecified atom stereocenters. The van der Waals surface area contributed by atoms with Gasteiger partial charge >= 0.3 is 0 Å². The Balaban J connectivity index is 1.54. The molecule has 1 saturated heterocycles. The predicted octanol–water partition coefficient (Wildman–Crippen LogP) is 2.51. The van der Waals surface area contributed by atoms with Crippen LogP contribution in [-0.4, -0.2) is 44.6 Å². The van der Waals surface area contributed by atoms with Crippen LogP contribution >= 0.6 is 0 Å². The Morgan fingerprint density at radius 3 is 2.78 bits per heavy atom. The molecule has 0 bridgehead atoms. The number of aromatic amines is 1. The molecule has 4 rings (SSSR count). The molecular weight excluding hydrogens is 342 g/mol. The first-order valence-corrected chi connectivity index (χ1v) is 9.64. The van der Waals surface area contributed by atoms with Gasteiger partial charge in [-0.2, -0.15) is 0 Å². The highest BCUT2D eigenvalue weighted by Crippen LogP contribution is 2.39. The SMILES string of the molecule is Cc1ccc(-c2ncc(C(=O)N3CC[C@@]4(O)CCCC[C@@H]4C3)c(=O)[nH]2)cc1. The molecule has 2 heterocycles. The van der Waals surface area contributed by atoms with Crippen molar-refractivity contribution in [3.63, 3.8) is 0 Å². The quantitative estimate of drug-likeness (QED) is 0.854. The van der Waals surface area contributed by atoms with Crippen LogP contribution < -0.4 is 5.56 Å².